The summed E-state index contributed by atoms with van der Waals surface area (Å²) < 4.78 is 18.3. The summed E-state index contributed by atoms with van der Waals surface area (Å²) in [5.41, 5.74) is 3.61. The van der Waals surface area contributed by atoms with Gasteiger partial charge < -0.3 is 18.5 Å². The first-order chi connectivity index (χ1) is 12.8. The van der Waals surface area contributed by atoms with Gasteiger partial charge in [-0.2, -0.15) is 0 Å². The highest BCUT2D eigenvalue weighted by Crippen LogP contribution is 2.29. The second-order valence-corrected chi connectivity index (χ2v) is 6.49. The molecule has 27 heavy (non-hydrogen) atoms. The fourth-order valence-corrected chi connectivity index (χ4v) is 3.06. The number of nitrogens with zero attached hydrogens (tertiary/aromatic N) is 1. The molecule has 0 amide bonds. The molecular formula is C21H23NO5. The van der Waals surface area contributed by atoms with Gasteiger partial charge in [-0.3, -0.25) is 4.79 Å². The van der Waals surface area contributed by atoms with E-state index in [1.54, 1.807) is 25.1 Å². The van der Waals surface area contributed by atoms with E-state index in [0.717, 1.165) is 16.8 Å². The van der Waals surface area contributed by atoms with E-state index in [1.165, 1.54) is 0 Å². The molecule has 0 atom stereocenters. The molecule has 1 aromatic carbocycles. The number of fused-ring (bicyclic) bond motifs is 1. The molecule has 0 saturated heterocycles. The number of aryl methyl sites for hydroxylation is 2. The molecule has 0 unspecified atom stereocenters. The maximum absolute atomic E-state index is 12.4. The number of Topliss-reactive ketones (excluding diaryl/α,β-unsaturated/α-hetero) is 1. The molecule has 3 aromatic rings. The van der Waals surface area contributed by atoms with Gasteiger partial charge in [-0.15, -0.1) is 0 Å². The van der Waals surface area contributed by atoms with Crippen LogP contribution in [-0.2, 0) is 11.8 Å². The standard InChI is InChI=1S/C21H23NO5/c1-6-25-15-7-8-19-16(10-15)13(3)20(27-19)21(24)26-11-18(23)17-9-12(2)22(5)14(17)4/h7-10H,6,11H2,1-5H3. The molecule has 0 aliphatic rings. The number of ether oxygens (including phenoxy) is 2. The number of carbonyl (C=O) groups excluding carboxylic acids is 2. The van der Waals surface area contributed by atoms with E-state index in [-0.39, 0.29) is 18.2 Å². The van der Waals surface area contributed by atoms with Crippen LogP contribution in [0.4, 0.5) is 0 Å². The Morgan fingerprint density at radius 3 is 2.52 bits per heavy atom. The maximum Gasteiger partial charge on any atom is 0.375 e. The lowest BCUT2D eigenvalue weighted by molar-refractivity contribution is 0.0445. The van der Waals surface area contributed by atoms with E-state index in [0.29, 0.717) is 29.1 Å². The quantitative estimate of drug-likeness (QED) is 0.482. The van der Waals surface area contributed by atoms with Crippen LogP contribution in [-0.4, -0.2) is 29.5 Å². The van der Waals surface area contributed by atoms with Crippen molar-refractivity contribution in [2.45, 2.75) is 27.7 Å². The van der Waals surface area contributed by atoms with Gasteiger partial charge in [0.25, 0.3) is 0 Å². The number of rotatable bonds is 6. The lowest BCUT2D eigenvalue weighted by Crippen LogP contribution is -2.15. The van der Waals surface area contributed by atoms with Gasteiger partial charge in [0.1, 0.15) is 11.3 Å². The molecule has 0 N–H and O–H groups in total. The first-order valence-corrected chi connectivity index (χ1v) is 8.82. The molecule has 0 spiro atoms. The molecule has 6 heteroatoms. The number of esters is 1. The Bertz CT molecular complexity index is 1030. The SMILES string of the molecule is CCOc1ccc2oc(C(=O)OCC(=O)c3cc(C)n(C)c3C)c(C)c2c1. The summed E-state index contributed by atoms with van der Waals surface area (Å²) in [5.74, 6) is -0.0800. The summed E-state index contributed by atoms with van der Waals surface area (Å²) in [5, 5.41) is 0.786. The number of ketones is 1. The van der Waals surface area contributed by atoms with E-state index in [9.17, 15) is 9.59 Å². The Morgan fingerprint density at radius 1 is 1.15 bits per heavy atom. The molecule has 0 radical (unpaired) electrons. The molecule has 2 heterocycles. The molecule has 0 aliphatic carbocycles. The predicted octanol–water partition coefficient (Wildman–Crippen LogP) is 4.13. The average Bonchev–Trinajstić information content (AvgIpc) is 3.11. The van der Waals surface area contributed by atoms with Gasteiger partial charge in [-0.25, -0.2) is 4.79 Å². The minimum absolute atomic E-state index is 0.104. The lowest BCUT2D eigenvalue weighted by atomic mass is 10.1. The normalized spacial score (nSPS) is 11.0. The van der Waals surface area contributed by atoms with Crippen LogP contribution in [0.2, 0.25) is 0 Å². The zero-order valence-electron chi connectivity index (χ0n) is 16.2. The Balaban J connectivity index is 1.77. The molecule has 6 nitrogen and oxygen atoms in total. The number of carbonyl (C=O) groups is 2. The zero-order chi connectivity index (χ0) is 19.7. The summed E-state index contributed by atoms with van der Waals surface area (Å²) in [6.45, 7) is 7.69. The van der Waals surface area contributed by atoms with E-state index < -0.39 is 5.97 Å². The molecule has 2 aromatic heterocycles. The topological polar surface area (TPSA) is 70.7 Å². The van der Waals surface area contributed by atoms with Crippen molar-refractivity contribution in [2.75, 3.05) is 13.2 Å². The second-order valence-electron chi connectivity index (χ2n) is 6.49. The van der Waals surface area contributed by atoms with Crippen molar-refractivity contribution in [3.8, 4) is 5.75 Å². The molecule has 0 bridgehead atoms. The van der Waals surface area contributed by atoms with Crippen LogP contribution in [0.25, 0.3) is 11.0 Å². The van der Waals surface area contributed by atoms with Crippen molar-refractivity contribution in [1.29, 1.82) is 0 Å². The van der Waals surface area contributed by atoms with Crippen LogP contribution >= 0.6 is 0 Å². The maximum atomic E-state index is 12.4. The second kappa shape index (κ2) is 7.31. The summed E-state index contributed by atoms with van der Waals surface area (Å²) in [6.07, 6.45) is 0. The first-order valence-electron chi connectivity index (χ1n) is 8.82. The van der Waals surface area contributed by atoms with Crippen molar-refractivity contribution < 1.29 is 23.5 Å². The Morgan fingerprint density at radius 2 is 1.89 bits per heavy atom. The van der Waals surface area contributed by atoms with E-state index >= 15 is 0 Å². The van der Waals surface area contributed by atoms with Crippen LogP contribution < -0.4 is 4.74 Å². The fraction of sp³-hybridized carbons (Fsp3) is 0.333. The number of aromatic nitrogens is 1. The highest BCUT2D eigenvalue weighted by Gasteiger charge is 2.22. The van der Waals surface area contributed by atoms with Gasteiger partial charge >= 0.3 is 5.97 Å². The number of hydrogen-bond donors (Lipinski definition) is 0. The number of hydrogen-bond acceptors (Lipinski definition) is 5. The summed E-state index contributed by atoms with van der Waals surface area (Å²) in [6, 6.07) is 7.17. The van der Waals surface area contributed by atoms with E-state index in [2.05, 4.69) is 0 Å². The summed E-state index contributed by atoms with van der Waals surface area (Å²) >= 11 is 0. The van der Waals surface area contributed by atoms with Crippen molar-refractivity contribution in [3.63, 3.8) is 0 Å². The molecule has 3 rings (SSSR count). The Hall–Kier alpha value is -3.02. The summed E-state index contributed by atoms with van der Waals surface area (Å²) in [7, 11) is 1.89. The third-order valence-corrected chi connectivity index (χ3v) is 4.81. The molecular weight excluding hydrogens is 346 g/mol. The lowest BCUT2D eigenvalue weighted by Gasteiger charge is -2.04. The summed E-state index contributed by atoms with van der Waals surface area (Å²) in [4.78, 5) is 24.8. The number of benzene rings is 1. The number of furan rings is 1. The van der Waals surface area contributed by atoms with Crippen molar-refractivity contribution in [1.82, 2.24) is 4.57 Å². The average molecular weight is 369 g/mol. The van der Waals surface area contributed by atoms with Crippen LogP contribution in [0, 0.1) is 20.8 Å². The highest BCUT2D eigenvalue weighted by molar-refractivity contribution is 6.01. The Labute approximate surface area is 157 Å². The van der Waals surface area contributed by atoms with Gasteiger partial charge in [0.15, 0.2) is 6.61 Å². The zero-order valence-corrected chi connectivity index (χ0v) is 16.2. The van der Waals surface area contributed by atoms with Crippen LogP contribution in [0.3, 0.4) is 0 Å². The van der Waals surface area contributed by atoms with Crippen molar-refractivity contribution >= 4 is 22.7 Å². The smallest absolute Gasteiger partial charge is 0.375 e. The van der Waals surface area contributed by atoms with Crippen molar-refractivity contribution in [3.05, 3.63) is 52.5 Å². The van der Waals surface area contributed by atoms with Crippen LogP contribution in [0.5, 0.6) is 5.75 Å². The molecule has 0 fully saturated rings. The molecule has 0 saturated carbocycles. The Kier molecular flexibility index (Phi) is 5.08. The third-order valence-electron chi connectivity index (χ3n) is 4.81. The van der Waals surface area contributed by atoms with Gasteiger partial charge in [-0.05, 0) is 52.0 Å². The molecule has 0 aliphatic heterocycles. The van der Waals surface area contributed by atoms with Gasteiger partial charge in [0.2, 0.25) is 11.5 Å². The third kappa shape index (κ3) is 3.47. The minimum Gasteiger partial charge on any atom is -0.494 e. The van der Waals surface area contributed by atoms with Crippen molar-refractivity contribution in [2.24, 2.45) is 7.05 Å². The van der Waals surface area contributed by atoms with Gasteiger partial charge in [0.05, 0.1) is 6.61 Å². The van der Waals surface area contributed by atoms with E-state index in [1.807, 2.05) is 38.5 Å². The predicted molar refractivity (Wildman–Crippen MR) is 102 cm³/mol. The monoisotopic (exact) mass is 369 g/mol. The van der Waals surface area contributed by atoms with Gasteiger partial charge in [-0.1, -0.05) is 0 Å². The van der Waals surface area contributed by atoms with Crippen LogP contribution in [0.15, 0.2) is 28.7 Å². The largest absolute Gasteiger partial charge is 0.494 e. The van der Waals surface area contributed by atoms with E-state index in [4.69, 9.17) is 13.9 Å². The van der Waals surface area contributed by atoms with Crippen LogP contribution in [0.1, 0.15) is 44.8 Å². The first kappa shape index (κ1) is 18.8. The minimum atomic E-state index is -0.652. The highest BCUT2D eigenvalue weighted by atomic mass is 16.5. The molecule has 142 valence electrons. The van der Waals surface area contributed by atoms with Gasteiger partial charge in [0, 0.05) is 34.9 Å². The fourth-order valence-electron chi connectivity index (χ4n) is 3.06.